The molecule has 1 aromatic heterocycles. The Labute approximate surface area is 95.2 Å². The van der Waals surface area contributed by atoms with Crippen molar-refractivity contribution in [1.29, 1.82) is 0 Å². The van der Waals surface area contributed by atoms with E-state index in [1.54, 1.807) is 0 Å². The zero-order valence-corrected chi connectivity index (χ0v) is 9.52. The summed E-state index contributed by atoms with van der Waals surface area (Å²) in [5.41, 5.74) is -0.853. The van der Waals surface area contributed by atoms with Crippen LogP contribution in [0.1, 0.15) is 12.0 Å². The maximum atomic E-state index is 12.5. The lowest BCUT2D eigenvalue weighted by Crippen LogP contribution is -2.16. The summed E-state index contributed by atoms with van der Waals surface area (Å²) in [4.78, 5) is 2.57. The average molecular weight is 273 g/mol. The quantitative estimate of drug-likeness (QED) is 0.900. The first-order valence-electron chi connectivity index (χ1n) is 3.82. The zero-order chi connectivity index (χ0) is 12.5. The Balaban J connectivity index is 3.63. The van der Waals surface area contributed by atoms with Crippen LogP contribution in [0.5, 0.6) is 5.88 Å². The number of ether oxygens (including phenoxy) is 1. The number of aromatic nitrogens is 1. The number of nitrogens with zero attached hydrogens (tertiary/aromatic N) is 1. The van der Waals surface area contributed by atoms with E-state index in [0.29, 0.717) is 6.20 Å². The Kier molecular flexibility index (Phi) is 3.66. The third kappa shape index (κ3) is 2.39. The number of nitrogens with two attached hydrogens (primary N) is 1. The number of halogens is 3. The van der Waals surface area contributed by atoms with Crippen molar-refractivity contribution in [2.45, 2.75) is 11.3 Å². The van der Waals surface area contributed by atoms with Gasteiger partial charge in [-0.15, -0.1) is 0 Å². The van der Waals surface area contributed by atoms with Crippen molar-refractivity contribution in [2.75, 3.05) is 7.11 Å². The van der Waals surface area contributed by atoms with Crippen LogP contribution >= 0.6 is 11.6 Å². The third-order valence-electron chi connectivity index (χ3n) is 1.68. The molecule has 0 radical (unpaired) electrons. The van der Waals surface area contributed by atoms with E-state index < -0.39 is 31.9 Å². The van der Waals surface area contributed by atoms with Crippen LogP contribution in [0.2, 0.25) is 5.02 Å². The highest BCUT2D eigenvalue weighted by molar-refractivity contribution is 7.89. The predicted octanol–water partition coefficient (Wildman–Crippen LogP) is 1.33. The molecule has 5 nitrogen and oxygen atoms in total. The van der Waals surface area contributed by atoms with Gasteiger partial charge in [-0.25, -0.2) is 27.3 Å². The molecule has 16 heavy (non-hydrogen) atoms. The van der Waals surface area contributed by atoms with Crippen LogP contribution in [-0.2, 0) is 10.0 Å². The van der Waals surface area contributed by atoms with Gasteiger partial charge in [-0.2, -0.15) is 0 Å². The summed E-state index contributed by atoms with van der Waals surface area (Å²) >= 11 is 5.56. The molecule has 0 amide bonds. The van der Waals surface area contributed by atoms with Crippen molar-refractivity contribution < 1.29 is 21.9 Å². The number of hydrogen-bond acceptors (Lipinski definition) is 4. The van der Waals surface area contributed by atoms with Gasteiger partial charge in [0.15, 0.2) is 0 Å². The summed E-state index contributed by atoms with van der Waals surface area (Å²) in [5.74, 6) is -0.282. The monoisotopic (exact) mass is 272 g/mol. The summed E-state index contributed by atoms with van der Waals surface area (Å²) in [5, 5.41) is 4.24. The van der Waals surface area contributed by atoms with Crippen molar-refractivity contribution in [3.63, 3.8) is 0 Å². The van der Waals surface area contributed by atoms with Gasteiger partial charge >= 0.3 is 0 Å². The molecule has 0 atom stereocenters. The highest BCUT2D eigenvalue weighted by Gasteiger charge is 2.27. The van der Waals surface area contributed by atoms with Gasteiger partial charge in [-0.3, -0.25) is 0 Å². The van der Waals surface area contributed by atoms with Crippen molar-refractivity contribution in [2.24, 2.45) is 5.14 Å². The summed E-state index contributed by atoms with van der Waals surface area (Å²) in [6.45, 7) is 0. The maximum Gasteiger partial charge on any atom is 0.266 e. The molecule has 0 saturated heterocycles. The summed E-state index contributed by atoms with van der Waals surface area (Å²) < 4.78 is 51.9. The van der Waals surface area contributed by atoms with Gasteiger partial charge in [0.2, 0.25) is 15.9 Å². The highest BCUT2D eigenvalue weighted by atomic mass is 35.5. The van der Waals surface area contributed by atoms with Crippen LogP contribution in [0.15, 0.2) is 11.1 Å². The van der Waals surface area contributed by atoms with Crippen molar-refractivity contribution >= 4 is 21.6 Å². The minimum atomic E-state index is -4.37. The Morgan fingerprint density at radius 1 is 1.56 bits per heavy atom. The smallest absolute Gasteiger partial charge is 0.266 e. The molecule has 0 aliphatic heterocycles. The summed E-state index contributed by atoms with van der Waals surface area (Å²) in [6, 6.07) is 0. The molecule has 0 fully saturated rings. The molecule has 0 aliphatic rings. The second-order valence-electron chi connectivity index (χ2n) is 2.71. The van der Waals surface area contributed by atoms with Crippen molar-refractivity contribution in [3.8, 4) is 5.88 Å². The van der Waals surface area contributed by atoms with E-state index in [4.69, 9.17) is 16.7 Å². The predicted molar refractivity (Wildman–Crippen MR) is 52.1 cm³/mol. The molecule has 0 saturated carbocycles. The molecule has 0 unspecified atom stereocenters. The number of hydrogen-bond donors (Lipinski definition) is 1. The first-order chi connectivity index (χ1) is 7.29. The fraction of sp³-hybridized carbons (Fsp3) is 0.286. The van der Waals surface area contributed by atoms with Gasteiger partial charge in [0.25, 0.3) is 6.43 Å². The van der Waals surface area contributed by atoms with Crippen LogP contribution in [0.4, 0.5) is 8.78 Å². The van der Waals surface area contributed by atoms with Crippen molar-refractivity contribution in [3.05, 3.63) is 16.8 Å². The minimum Gasteiger partial charge on any atom is -0.480 e. The number of methoxy groups -OCH3 is 1. The van der Waals surface area contributed by atoms with E-state index in [1.165, 1.54) is 7.11 Å². The Bertz CT molecular complexity index is 507. The lowest BCUT2D eigenvalue weighted by atomic mass is 10.3. The van der Waals surface area contributed by atoms with E-state index in [2.05, 4.69) is 9.72 Å². The van der Waals surface area contributed by atoms with E-state index in [9.17, 15) is 17.2 Å². The molecule has 2 N–H and O–H groups in total. The van der Waals surface area contributed by atoms with Gasteiger partial charge in [0, 0.05) is 6.20 Å². The molecule has 0 bridgehead atoms. The number of rotatable bonds is 3. The molecular formula is C7H7ClF2N2O3S. The molecular weight excluding hydrogens is 266 g/mol. The minimum absolute atomic E-state index is 0.282. The fourth-order valence-electron chi connectivity index (χ4n) is 1.05. The molecule has 1 rings (SSSR count). The number of primary sulfonamides is 1. The van der Waals surface area contributed by atoms with Crippen molar-refractivity contribution in [1.82, 2.24) is 4.98 Å². The van der Waals surface area contributed by atoms with Gasteiger partial charge in [-0.05, 0) is 0 Å². The topological polar surface area (TPSA) is 82.3 Å². The van der Waals surface area contributed by atoms with Crippen LogP contribution < -0.4 is 9.88 Å². The van der Waals surface area contributed by atoms with E-state index >= 15 is 0 Å². The van der Waals surface area contributed by atoms with Crippen LogP contribution in [0.3, 0.4) is 0 Å². The normalized spacial score (nSPS) is 11.9. The largest absolute Gasteiger partial charge is 0.480 e. The second-order valence-corrected chi connectivity index (χ2v) is 4.59. The SMILES string of the molecule is COc1ncc(C(F)F)c(S(N)(=O)=O)c1Cl. The van der Waals surface area contributed by atoms with Gasteiger partial charge < -0.3 is 4.74 Å². The van der Waals surface area contributed by atoms with Gasteiger partial charge in [-0.1, -0.05) is 11.6 Å². The van der Waals surface area contributed by atoms with Crippen LogP contribution in [-0.4, -0.2) is 20.5 Å². The fourth-order valence-corrected chi connectivity index (χ4v) is 2.42. The number of sulfonamides is 1. The second kappa shape index (κ2) is 4.48. The first-order valence-corrected chi connectivity index (χ1v) is 5.74. The first kappa shape index (κ1) is 13.1. The molecule has 90 valence electrons. The average Bonchev–Trinajstić information content (AvgIpc) is 2.14. The Morgan fingerprint density at radius 3 is 2.50 bits per heavy atom. The maximum absolute atomic E-state index is 12.5. The third-order valence-corrected chi connectivity index (χ3v) is 3.15. The number of alkyl halides is 2. The molecule has 1 aromatic rings. The lowest BCUT2D eigenvalue weighted by molar-refractivity contribution is 0.147. The lowest BCUT2D eigenvalue weighted by Gasteiger charge is -2.10. The Morgan fingerprint density at radius 2 is 2.12 bits per heavy atom. The highest BCUT2D eigenvalue weighted by Crippen LogP contribution is 2.35. The summed E-state index contributed by atoms with van der Waals surface area (Å²) in [6.07, 6.45) is -2.39. The van der Waals surface area contributed by atoms with E-state index in [-0.39, 0.29) is 5.88 Å². The molecule has 1 heterocycles. The van der Waals surface area contributed by atoms with E-state index in [0.717, 1.165) is 0 Å². The van der Waals surface area contributed by atoms with E-state index in [1.807, 2.05) is 0 Å². The van der Waals surface area contributed by atoms with Crippen LogP contribution in [0.25, 0.3) is 0 Å². The molecule has 0 spiro atoms. The molecule has 9 heteroatoms. The summed E-state index contributed by atoms with van der Waals surface area (Å²) in [7, 11) is -3.20. The van der Waals surface area contributed by atoms with Crippen LogP contribution in [0, 0.1) is 0 Å². The number of pyridine rings is 1. The Hall–Kier alpha value is -0.990. The molecule has 0 aromatic carbocycles. The molecule has 0 aliphatic carbocycles. The van der Waals surface area contributed by atoms with Gasteiger partial charge in [0.05, 0.1) is 12.7 Å². The standard InChI is InChI=1S/C7H7ClF2N2O3S/c1-15-7-4(8)5(16(11,13)14)3(2-12-7)6(9)10/h2,6H,1H3,(H2,11,13,14). The zero-order valence-electron chi connectivity index (χ0n) is 7.95. The van der Waals surface area contributed by atoms with Gasteiger partial charge in [0.1, 0.15) is 9.92 Å².